The van der Waals surface area contributed by atoms with Crippen molar-refractivity contribution in [2.75, 3.05) is 7.05 Å². The van der Waals surface area contributed by atoms with E-state index in [2.05, 4.69) is 52.1 Å². The molecule has 0 heterocycles. The maximum absolute atomic E-state index is 4.53. The Morgan fingerprint density at radius 2 is 2.06 bits per heavy atom. The van der Waals surface area contributed by atoms with Crippen LogP contribution in [-0.2, 0) is 6.42 Å². The molecule has 0 aliphatic heterocycles. The first-order valence-electron chi connectivity index (χ1n) is 6.35. The van der Waals surface area contributed by atoms with Crippen molar-refractivity contribution >= 4 is 21.6 Å². The van der Waals surface area contributed by atoms with E-state index in [1.807, 2.05) is 7.05 Å². The highest BCUT2D eigenvalue weighted by Gasteiger charge is 2.33. The van der Waals surface area contributed by atoms with Crippen molar-refractivity contribution in [3.8, 4) is 0 Å². The van der Waals surface area contributed by atoms with Crippen molar-refractivity contribution in [2.24, 2.45) is 10.4 Å². The molecule has 0 aromatic heterocycles. The van der Waals surface area contributed by atoms with Crippen LogP contribution >= 0.6 is 15.9 Å². The molecule has 1 aromatic rings. The zero-order valence-electron chi connectivity index (χ0n) is 10.7. The molecule has 1 aliphatic carbocycles. The predicted octanol–water partition coefficient (Wildman–Crippen LogP) is 4.64. The topological polar surface area (TPSA) is 12.4 Å². The molecule has 0 bridgehead atoms. The van der Waals surface area contributed by atoms with E-state index < -0.39 is 0 Å². The maximum atomic E-state index is 4.53. The third kappa shape index (κ3) is 2.79. The van der Waals surface area contributed by atoms with Gasteiger partial charge in [-0.3, -0.25) is 4.99 Å². The molecule has 2 rings (SSSR count). The number of hydrogen-bond donors (Lipinski definition) is 0. The Hall–Kier alpha value is -0.630. The van der Waals surface area contributed by atoms with Gasteiger partial charge in [0.1, 0.15) is 0 Å². The van der Waals surface area contributed by atoms with E-state index in [1.54, 1.807) is 0 Å². The first-order valence-corrected chi connectivity index (χ1v) is 7.14. The Morgan fingerprint density at radius 1 is 1.29 bits per heavy atom. The Morgan fingerprint density at radius 3 is 2.76 bits per heavy atom. The highest BCUT2D eigenvalue weighted by atomic mass is 79.9. The van der Waals surface area contributed by atoms with Crippen molar-refractivity contribution in [3.05, 3.63) is 34.3 Å². The minimum atomic E-state index is 0.261. The van der Waals surface area contributed by atoms with Gasteiger partial charge in [0.15, 0.2) is 0 Å². The Labute approximate surface area is 112 Å². The van der Waals surface area contributed by atoms with E-state index in [9.17, 15) is 0 Å². The Balaban J connectivity index is 2.24. The van der Waals surface area contributed by atoms with Crippen LogP contribution in [0.4, 0.5) is 0 Å². The molecular weight excluding hydrogens is 274 g/mol. The first kappa shape index (κ1) is 12.8. The van der Waals surface area contributed by atoms with Crippen molar-refractivity contribution in [3.63, 3.8) is 0 Å². The fourth-order valence-corrected chi connectivity index (χ4v) is 3.31. The standard InChI is InChI=1S/C15H20BrN/c1-15(10-6-5-9-14(15)17-2)11-12-7-3-4-8-13(12)16/h3-4,7-8H,5-6,9-11H2,1-2H3. The molecule has 1 nitrogen and oxygen atoms in total. The van der Waals surface area contributed by atoms with Crippen LogP contribution in [0.2, 0.25) is 0 Å². The van der Waals surface area contributed by atoms with Gasteiger partial charge in [-0.25, -0.2) is 0 Å². The lowest BCUT2D eigenvalue weighted by Gasteiger charge is -2.35. The molecule has 1 atom stereocenters. The van der Waals surface area contributed by atoms with Crippen LogP contribution in [0.1, 0.15) is 38.2 Å². The van der Waals surface area contributed by atoms with Crippen LogP contribution in [0.15, 0.2) is 33.7 Å². The Kier molecular flexibility index (Phi) is 4.03. The van der Waals surface area contributed by atoms with Gasteiger partial charge in [0, 0.05) is 22.6 Å². The van der Waals surface area contributed by atoms with Crippen molar-refractivity contribution in [1.29, 1.82) is 0 Å². The molecule has 1 saturated carbocycles. The minimum Gasteiger partial charge on any atom is -0.297 e. The smallest absolute Gasteiger partial charge is 0.0276 e. The second kappa shape index (κ2) is 5.34. The van der Waals surface area contributed by atoms with Crippen LogP contribution in [0.3, 0.4) is 0 Å². The number of benzene rings is 1. The van der Waals surface area contributed by atoms with Crippen LogP contribution in [-0.4, -0.2) is 12.8 Å². The molecule has 17 heavy (non-hydrogen) atoms. The number of halogens is 1. The molecule has 1 aliphatic rings. The summed E-state index contributed by atoms with van der Waals surface area (Å²) in [6, 6.07) is 8.54. The molecule has 1 unspecified atom stereocenters. The monoisotopic (exact) mass is 293 g/mol. The van der Waals surface area contributed by atoms with Crippen LogP contribution in [0.5, 0.6) is 0 Å². The summed E-state index contributed by atoms with van der Waals surface area (Å²) in [7, 11) is 1.94. The van der Waals surface area contributed by atoms with E-state index in [4.69, 9.17) is 0 Å². The van der Waals surface area contributed by atoms with Gasteiger partial charge >= 0.3 is 0 Å². The zero-order chi connectivity index (χ0) is 12.3. The average molecular weight is 294 g/mol. The van der Waals surface area contributed by atoms with Gasteiger partial charge in [-0.1, -0.05) is 47.5 Å². The molecule has 0 N–H and O–H groups in total. The van der Waals surface area contributed by atoms with Crippen molar-refractivity contribution in [1.82, 2.24) is 0 Å². The van der Waals surface area contributed by atoms with Crippen LogP contribution in [0.25, 0.3) is 0 Å². The largest absolute Gasteiger partial charge is 0.297 e. The fraction of sp³-hybridized carbons (Fsp3) is 0.533. The molecular formula is C15H20BrN. The quantitative estimate of drug-likeness (QED) is 0.753. The average Bonchev–Trinajstić information content (AvgIpc) is 2.32. The second-order valence-electron chi connectivity index (χ2n) is 5.21. The summed E-state index contributed by atoms with van der Waals surface area (Å²) >= 11 is 3.65. The van der Waals surface area contributed by atoms with Crippen LogP contribution < -0.4 is 0 Å². The van der Waals surface area contributed by atoms with E-state index >= 15 is 0 Å². The zero-order valence-corrected chi connectivity index (χ0v) is 12.3. The Bertz CT molecular complexity index is 425. The van der Waals surface area contributed by atoms with E-state index in [-0.39, 0.29) is 5.41 Å². The number of nitrogens with zero attached hydrogens (tertiary/aromatic N) is 1. The highest BCUT2D eigenvalue weighted by molar-refractivity contribution is 9.10. The molecule has 1 fully saturated rings. The van der Waals surface area contributed by atoms with Gasteiger partial charge < -0.3 is 0 Å². The summed E-state index contributed by atoms with van der Waals surface area (Å²) in [5.41, 5.74) is 3.06. The summed E-state index contributed by atoms with van der Waals surface area (Å²) in [5, 5.41) is 0. The molecule has 1 aromatic carbocycles. The lowest BCUT2D eigenvalue weighted by molar-refractivity contribution is 0.370. The fourth-order valence-electron chi connectivity index (χ4n) is 2.89. The van der Waals surface area contributed by atoms with Gasteiger partial charge in [-0.05, 0) is 37.3 Å². The molecule has 0 spiro atoms. The summed E-state index contributed by atoms with van der Waals surface area (Å²) in [6.07, 6.45) is 6.18. The highest BCUT2D eigenvalue weighted by Crippen LogP contribution is 2.38. The van der Waals surface area contributed by atoms with Crippen molar-refractivity contribution in [2.45, 2.75) is 39.0 Å². The lowest BCUT2D eigenvalue weighted by atomic mass is 9.70. The minimum absolute atomic E-state index is 0.261. The SMILES string of the molecule is CN=C1CCCCC1(C)Cc1ccccc1Br. The van der Waals surface area contributed by atoms with E-state index in [0.29, 0.717) is 0 Å². The molecule has 0 radical (unpaired) electrons. The third-order valence-corrected chi connectivity index (χ3v) is 4.67. The van der Waals surface area contributed by atoms with E-state index in [0.717, 1.165) is 6.42 Å². The normalized spacial score (nSPS) is 27.4. The molecule has 0 saturated heterocycles. The van der Waals surface area contributed by atoms with Crippen LogP contribution in [0, 0.1) is 5.41 Å². The number of hydrogen-bond acceptors (Lipinski definition) is 1. The van der Waals surface area contributed by atoms with Gasteiger partial charge in [-0.2, -0.15) is 0 Å². The summed E-state index contributed by atoms with van der Waals surface area (Å²) in [5.74, 6) is 0. The van der Waals surface area contributed by atoms with Gasteiger partial charge in [0.2, 0.25) is 0 Å². The van der Waals surface area contributed by atoms with Gasteiger partial charge in [0.25, 0.3) is 0 Å². The summed E-state index contributed by atoms with van der Waals surface area (Å²) in [6.45, 7) is 2.37. The van der Waals surface area contributed by atoms with Gasteiger partial charge in [0.05, 0.1) is 0 Å². The molecule has 92 valence electrons. The predicted molar refractivity (Wildman–Crippen MR) is 77.8 cm³/mol. The molecule has 0 amide bonds. The maximum Gasteiger partial charge on any atom is 0.0276 e. The molecule has 2 heteroatoms. The van der Waals surface area contributed by atoms with Gasteiger partial charge in [-0.15, -0.1) is 0 Å². The number of aliphatic imine (C=N–C) groups is 1. The second-order valence-corrected chi connectivity index (χ2v) is 6.06. The summed E-state index contributed by atoms with van der Waals surface area (Å²) < 4.78 is 1.22. The lowest BCUT2D eigenvalue weighted by Crippen LogP contribution is -2.33. The van der Waals surface area contributed by atoms with Crippen molar-refractivity contribution < 1.29 is 0 Å². The third-order valence-electron chi connectivity index (χ3n) is 3.90. The number of rotatable bonds is 2. The van der Waals surface area contributed by atoms with E-state index in [1.165, 1.54) is 41.4 Å². The summed E-state index contributed by atoms with van der Waals surface area (Å²) in [4.78, 5) is 4.53. The first-order chi connectivity index (χ1) is 8.15.